The lowest BCUT2D eigenvalue weighted by atomic mass is 9.73. The Morgan fingerprint density at radius 1 is 1.21 bits per heavy atom. The molecule has 29 heavy (non-hydrogen) atoms. The monoisotopic (exact) mass is 398 g/mol. The quantitative estimate of drug-likeness (QED) is 0.831. The van der Waals surface area contributed by atoms with Crippen LogP contribution >= 0.6 is 0 Å². The number of aliphatic hydroxyl groups is 1. The van der Waals surface area contributed by atoms with E-state index in [1.54, 1.807) is 23.1 Å². The van der Waals surface area contributed by atoms with E-state index in [1.165, 1.54) is 18.1 Å². The Balaban J connectivity index is 1.58. The number of fused-ring (bicyclic) bond motifs is 1. The molecule has 0 radical (unpaired) electrons. The first-order chi connectivity index (χ1) is 14.0. The van der Waals surface area contributed by atoms with Gasteiger partial charge in [0.2, 0.25) is 11.8 Å². The molecule has 0 aliphatic carbocycles. The number of benzene rings is 2. The summed E-state index contributed by atoms with van der Waals surface area (Å²) < 4.78 is 19.0. The largest absolute Gasteiger partial charge is 0.394 e. The van der Waals surface area contributed by atoms with Gasteiger partial charge in [-0.15, -0.1) is 0 Å². The summed E-state index contributed by atoms with van der Waals surface area (Å²) in [7, 11) is 1.45. The van der Waals surface area contributed by atoms with Crippen LogP contribution in [0.25, 0.3) is 11.1 Å². The number of rotatable bonds is 5. The Morgan fingerprint density at radius 2 is 1.93 bits per heavy atom. The summed E-state index contributed by atoms with van der Waals surface area (Å²) in [6.45, 7) is 0.206. The Morgan fingerprint density at radius 3 is 2.59 bits per heavy atom. The number of amides is 2. The van der Waals surface area contributed by atoms with E-state index in [0.29, 0.717) is 12.1 Å². The van der Waals surface area contributed by atoms with Crippen molar-refractivity contribution in [1.82, 2.24) is 9.80 Å². The third-order valence-electron chi connectivity index (χ3n) is 5.85. The fourth-order valence-corrected chi connectivity index (χ4v) is 4.48. The highest BCUT2D eigenvalue weighted by Gasteiger charge is 2.54. The molecule has 6 nitrogen and oxygen atoms in total. The molecule has 2 aromatic carbocycles. The van der Waals surface area contributed by atoms with Gasteiger partial charge in [-0.3, -0.25) is 9.59 Å². The van der Waals surface area contributed by atoms with Gasteiger partial charge in [-0.2, -0.15) is 0 Å². The number of carbonyl (C=O) groups is 2. The molecule has 2 heterocycles. The van der Waals surface area contributed by atoms with E-state index in [2.05, 4.69) is 0 Å². The first-order valence-electron chi connectivity index (χ1n) is 9.58. The molecule has 2 aliphatic heterocycles. The molecule has 2 saturated heterocycles. The second-order valence-electron chi connectivity index (χ2n) is 7.45. The molecule has 4 rings (SSSR count). The second kappa shape index (κ2) is 7.93. The molecule has 0 unspecified atom stereocenters. The predicted molar refractivity (Wildman–Crippen MR) is 105 cm³/mol. The molecule has 2 aliphatic rings. The number of aliphatic hydroxyl groups excluding tert-OH is 1. The molecule has 0 saturated carbocycles. The number of piperazine rings is 1. The Bertz CT molecular complexity index is 917. The summed E-state index contributed by atoms with van der Waals surface area (Å²) >= 11 is 0. The van der Waals surface area contributed by atoms with Crippen molar-refractivity contribution >= 4 is 11.8 Å². The number of nitrogens with zero attached hydrogens (tertiary/aromatic N) is 2. The molecule has 2 fully saturated rings. The summed E-state index contributed by atoms with van der Waals surface area (Å²) in [5.41, 5.74) is 2.25. The summed E-state index contributed by atoms with van der Waals surface area (Å²) in [4.78, 5) is 27.9. The predicted octanol–water partition coefficient (Wildman–Crippen LogP) is 1.64. The number of methoxy groups -OCH3 is 1. The van der Waals surface area contributed by atoms with Crippen LogP contribution in [0.5, 0.6) is 0 Å². The first kappa shape index (κ1) is 19.5. The van der Waals surface area contributed by atoms with Crippen LogP contribution < -0.4 is 0 Å². The molecular formula is C22H23FN2O4. The molecule has 2 amide bonds. The van der Waals surface area contributed by atoms with Crippen LogP contribution in [0.1, 0.15) is 11.5 Å². The molecule has 3 atom stereocenters. The number of ether oxygens (including phenoxy) is 1. The average Bonchev–Trinajstić information content (AvgIpc) is 2.70. The van der Waals surface area contributed by atoms with Crippen LogP contribution in [0.3, 0.4) is 0 Å². The van der Waals surface area contributed by atoms with E-state index >= 15 is 0 Å². The van der Waals surface area contributed by atoms with E-state index in [1.807, 2.05) is 24.3 Å². The number of hydrogen-bond donors (Lipinski definition) is 1. The maximum atomic E-state index is 14.0. The van der Waals surface area contributed by atoms with Crippen molar-refractivity contribution in [2.75, 3.05) is 33.4 Å². The van der Waals surface area contributed by atoms with E-state index in [-0.39, 0.29) is 55.4 Å². The van der Waals surface area contributed by atoms with Crippen LogP contribution in [-0.2, 0) is 14.3 Å². The lowest BCUT2D eigenvalue weighted by Crippen LogP contribution is -2.73. The topological polar surface area (TPSA) is 70.1 Å². The van der Waals surface area contributed by atoms with Gasteiger partial charge in [0.15, 0.2) is 0 Å². The second-order valence-corrected chi connectivity index (χ2v) is 7.45. The van der Waals surface area contributed by atoms with Crippen molar-refractivity contribution < 1.29 is 23.8 Å². The minimum absolute atomic E-state index is 0.00807. The third kappa shape index (κ3) is 3.41. The molecule has 2 aromatic rings. The minimum Gasteiger partial charge on any atom is -0.394 e. The average molecular weight is 398 g/mol. The van der Waals surface area contributed by atoms with Crippen LogP contribution in [0.2, 0.25) is 0 Å². The number of hydrogen-bond acceptors (Lipinski definition) is 4. The highest BCUT2D eigenvalue weighted by molar-refractivity contribution is 5.88. The fourth-order valence-electron chi connectivity index (χ4n) is 4.48. The van der Waals surface area contributed by atoms with Crippen molar-refractivity contribution in [2.24, 2.45) is 0 Å². The lowest BCUT2D eigenvalue weighted by Gasteiger charge is -2.58. The fraction of sp³-hybridized carbons (Fsp3) is 0.364. The normalized spacial score (nSPS) is 23.6. The van der Waals surface area contributed by atoms with Gasteiger partial charge >= 0.3 is 0 Å². The van der Waals surface area contributed by atoms with Gasteiger partial charge in [-0.25, -0.2) is 4.39 Å². The smallest absolute Gasteiger partial charge is 0.249 e. The number of carbonyl (C=O) groups excluding carboxylic acids is 2. The van der Waals surface area contributed by atoms with Gasteiger partial charge < -0.3 is 19.6 Å². The van der Waals surface area contributed by atoms with Gasteiger partial charge in [0.05, 0.1) is 25.2 Å². The molecule has 0 bridgehead atoms. The Kier molecular flexibility index (Phi) is 5.34. The standard InChI is InChI=1S/C22H23FN2O4/c1-29-13-21(28)24-10-18-22(19(12-26)25(18)20(27)11-24)15-8-6-14(7-9-15)16-4-2-3-5-17(16)23/h2-9,18-19,22,26H,10-13H2,1H3/t18-,19-,22+/m1/s1. The van der Waals surface area contributed by atoms with E-state index in [4.69, 9.17) is 4.74 Å². The summed E-state index contributed by atoms with van der Waals surface area (Å²) in [6.07, 6.45) is 0. The molecule has 0 aromatic heterocycles. The molecule has 7 heteroatoms. The van der Waals surface area contributed by atoms with Crippen molar-refractivity contribution in [3.8, 4) is 11.1 Å². The van der Waals surface area contributed by atoms with Gasteiger partial charge in [0, 0.05) is 25.1 Å². The van der Waals surface area contributed by atoms with Crippen LogP contribution in [0, 0.1) is 5.82 Å². The third-order valence-corrected chi connectivity index (χ3v) is 5.85. The van der Waals surface area contributed by atoms with Gasteiger partial charge in [-0.05, 0) is 17.2 Å². The summed E-state index contributed by atoms with van der Waals surface area (Å²) in [6, 6.07) is 13.6. The zero-order chi connectivity index (χ0) is 20.5. The van der Waals surface area contributed by atoms with E-state index < -0.39 is 0 Å². The van der Waals surface area contributed by atoms with Gasteiger partial charge in [0.25, 0.3) is 0 Å². The first-order valence-corrected chi connectivity index (χ1v) is 9.58. The molecule has 152 valence electrons. The zero-order valence-corrected chi connectivity index (χ0v) is 16.1. The van der Waals surface area contributed by atoms with Crippen molar-refractivity contribution in [3.05, 3.63) is 59.9 Å². The highest BCUT2D eigenvalue weighted by atomic mass is 19.1. The van der Waals surface area contributed by atoms with E-state index in [9.17, 15) is 19.1 Å². The van der Waals surface area contributed by atoms with Crippen LogP contribution in [0.4, 0.5) is 4.39 Å². The summed E-state index contributed by atoms with van der Waals surface area (Å²) in [5.74, 6) is -0.754. The van der Waals surface area contributed by atoms with E-state index in [0.717, 1.165) is 11.1 Å². The summed E-state index contributed by atoms with van der Waals surface area (Å²) in [5, 5.41) is 9.86. The van der Waals surface area contributed by atoms with Crippen molar-refractivity contribution in [2.45, 2.75) is 18.0 Å². The number of halogens is 1. The van der Waals surface area contributed by atoms with Gasteiger partial charge in [-0.1, -0.05) is 42.5 Å². The maximum absolute atomic E-state index is 14.0. The molecule has 0 spiro atoms. The van der Waals surface area contributed by atoms with Crippen LogP contribution in [0.15, 0.2) is 48.5 Å². The maximum Gasteiger partial charge on any atom is 0.249 e. The zero-order valence-electron chi connectivity index (χ0n) is 16.1. The minimum atomic E-state index is -0.313. The van der Waals surface area contributed by atoms with Gasteiger partial charge in [0.1, 0.15) is 12.4 Å². The Labute approximate surface area is 168 Å². The highest BCUT2D eigenvalue weighted by Crippen LogP contribution is 2.43. The van der Waals surface area contributed by atoms with Crippen LogP contribution in [-0.4, -0.2) is 72.2 Å². The lowest BCUT2D eigenvalue weighted by molar-refractivity contribution is -0.168. The SMILES string of the molecule is COCC(=O)N1CC(=O)N2[C@H](CO)[C@@H](c3ccc(-c4ccccc4F)cc3)[C@H]2C1. The molecular weight excluding hydrogens is 375 g/mol. The van der Waals surface area contributed by atoms with Crippen molar-refractivity contribution in [1.29, 1.82) is 0 Å². The molecule has 1 N–H and O–H groups in total. The Hall–Kier alpha value is -2.77. The van der Waals surface area contributed by atoms with Crippen molar-refractivity contribution in [3.63, 3.8) is 0 Å².